The number of hydrogen-bond acceptors (Lipinski definition) is 6. The molecule has 3 rings (SSSR count). The van der Waals surface area contributed by atoms with Gasteiger partial charge in [-0.1, -0.05) is 29.8 Å². The number of rotatable bonds is 6. The van der Waals surface area contributed by atoms with Crippen LogP contribution in [0.2, 0.25) is 0 Å². The van der Waals surface area contributed by atoms with Crippen LogP contribution in [-0.2, 0) is 11.2 Å². The molecule has 0 unspecified atom stereocenters. The van der Waals surface area contributed by atoms with Gasteiger partial charge in [-0.3, -0.25) is 4.79 Å². The van der Waals surface area contributed by atoms with Gasteiger partial charge >= 0.3 is 5.97 Å². The topological polar surface area (TPSA) is 74.1 Å². The first-order valence-electron chi connectivity index (χ1n) is 8.26. The van der Waals surface area contributed by atoms with Crippen molar-refractivity contribution in [2.75, 3.05) is 6.61 Å². The van der Waals surface area contributed by atoms with Crippen LogP contribution in [0.4, 0.5) is 0 Å². The van der Waals surface area contributed by atoms with Crippen molar-refractivity contribution in [2.24, 2.45) is 0 Å². The third kappa shape index (κ3) is 3.72. The Balaban J connectivity index is 1.80. The molecule has 0 saturated carbocycles. The number of nitrogens with zero attached hydrogens (tertiary/aromatic N) is 3. The molecule has 7 heteroatoms. The molecule has 1 aromatic carbocycles. The first-order valence-corrected chi connectivity index (χ1v) is 9.14. The number of carbonyl (C=O) groups excluding carboxylic acids is 2. The third-order valence-corrected chi connectivity index (χ3v) is 4.73. The highest BCUT2D eigenvalue weighted by Gasteiger charge is 2.19. The van der Waals surface area contributed by atoms with Crippen LogP contribution in [0, 0.1) is 13.8 Å². The van der Waals surface area contributed by atoms with E-state index in [0.29, 0.717) is 35.1 Å². The summed E-state index contributed by atoms with van der Waals surface area (Å²) in [4.78, 5) is 28.8. The van der Waals surface area contributed by atoms with Crippen molar-refractivity contribution < 1.29 is 14.3 Å². The molecule has 0 saturated heterocycles. The molecular formula is C19H19N3O3S. The molecule has 0 amide bonds. The Morgan fingerprint density at radius 2 is 2.08 bits per heavy atom. The van der Waals surface area contributed by atoms with Gasteiger partial charge in [0.2, 0.25) is 5.13 Å². The minimum Gasteiger partial charge on any atom is -0.462 e. The Labute approximate surface area is 155 Å². The summed E-state index contributed by atoms with van der Waals surface area (Å²) in [6.07, 6.45) is 1.76. The molecule has 2 heterocycles. The lowest BCUT2D eigenvalue weighted by Crippen LogP contribution is -2.07. The van der Waals surface area contributed by atoms with Crippen molar-refractivity contribution in [3.63, 3.8) is 0 Å². The van der Waals surface area contributed by atoms with Gasteiger partial charge in [-0.05, 0) is 26.3 Å². The number of aryl methyl sites for hydroxylation is 1. The first kappa shape index (κ1) is 18.0. The van der Waals surface area contributed by atoms with E-state index in [1.807, 2.05) is 31.2 Å². The maximum absolute atomic E-state index is 12.5. The predicted octanol–water partition coefficient (Wildman–Crippen LogP) is 3.55. The first-order chi connectivity index (χ1) is 12.5. The lowest BCUT2D eigenvalue weighted by Gasteiger charge is -2.02. The van der Waals surface area contributed by atoms with Crippen LogP contribution in [0.1, 0.15) is 44.6 Å². The molecule has 0 aliphatic heterocycles. The number of benzene rings is 1. The minimum absolute atomic E-state index is 0.0477. The van der Waals surface area contributed by atoms with Crippen LogP contribution >= 0.6 is 11.3 Å². The molecule has 0 bridgehead atoms. The highest BCUT2D eigenvalue weighted by atomic mass is 32.1. The number of ether oxygens (including phenoxy) is 1. The number of hydrogen-bond donors (Lipinski definition) is 0. The lowest BCUT2D eigenvalue weighted by atomic mass is 10.1. The Morgan fingerprint density at radius 3 is 2.81 bits per heavy atom. The summed E-state index contributed by atoms with van der Waals surface area (Å²) < 4.78 is 6.57. The van der Waals surface area contributed by atoms with E-state index in [1.165, 1.54) is 17.5 Å². The molecule has 2 aromatic heterocycles. The summed E-state index contributed by atoms with van der Waals surface area (Å²) >= 11 is 1.31. The number of aromatic nitrogens is 3. The van der Waals surface area contributed by atoms with Crippen LogP contribution in [0.5, 0.6) is 0 Å². The number of ketones is 1. The molecular weight excluding hydrogens is 350 g/mol. The van der Waals surface area contributed by atoms with Gasteiger partial charge in [0.15, 0.2) is 5.78 Å². The number of esters is 1. The van der Waals surface area contributed by atoms with E-state index in [-0.39, 0.29) is 5.78 Å². The van der Waals surface area contributed by atoms with Crippen molar-refractivity contribution >= 4 is 23.1 Å². The smallest absolute Gasteiger partial charge is 0.341 e. The van der Waals surface area contributed by atoms with Crippen molar-refractivity contribution in [1.29, 1.82) is 0 Å². The molecule has 0 aliphatic carbocycles. The zero-order chi connectivity index (χ0) is 18.7. The van der Waals surface area contributed by atoms with Crippen molar-refractivity contribution in [3.8, 4) is 5.13 Å². The van der Waals surface area contributed by atoms with E-state index in [0.717, 1.165) is 11.1 Å². The van der Waals surface area contributed by atoms with Gasteiger partial charge in [-0.25, -0.2) is 14.5 Å². The Morgan fingerprint density at radius 1 is 1.27 bits per heavy atom. The summed E-state index contributed by atoms with van der Waals surface area (Å²) in [6.45, 7) is 5.83. The largest absolute Gasteiger partial charge is 0.462 e. The van der Waals surface area contributed by atoms with E-state index in [1.54, 1.807) is 23.9 Å². The van der Waals surface area contributed by atoms with Crippen LogP contribution in [0.25, 0.3) is 5.13 Å². The predicted molar refractivity (Wildman–Crippen MR) is 99.1 cm³/mol. The van der Waals surface area contributed by atoms with Gasteiger partial charge in [-0.15, -0.1) is 11.3 Å². The molecule has 0 atom stereocenters. The second-order valence-electron chi connectivity index (χ2n) is 5.88. The van der Waals surface area contributed by atoms with Crippen molar-refractivity contribution in [2.45, 2.75) is 27.2 Å². The van der Waals surface area contributed by atoms with Gasteiger partial charge in [0, 0.05) is 11.8 Å². The summed E-state index contributed by atoms with van der Waals surface area (Å²) in [5, 5.41) is 6.48. The van der Waals surface area contributed by atoms with E-state index in [2.05, 4.69) is 10.1 Å². The fraction of sp³-hybridized carbons (Fsp3) is 0.263. The monoisotopic (exact) mass is 369 g/mol. The molecule has 0 aliphatic rings. The second kappa shape index (κ2) is 7.61. The standard InChI is InChI=1S/C19H19N3O3S/c1-4-25-18(24)15-10-20-22(13(15)3)19-21-16(11-26-19)17(23)9-14-7-5-6-12(2)8-14/h5-8,10-11H,4,9H2,1-3H3. The molecule has 3 aromatic rings. The number of Topliss-reactive ketones (excluding diaryl/α,β-unsaturated/α-hetero) is 1. The number of thiazole rings is 1. The highest BCUT2D eigenvalue weighted by Crippen LogP contribution is 2.20. The maximum Gasteiger partial charge on any atom is 0.341 e. The average molecular weight is 369 g/mol. The zero-order valence-corrected chi connectivity index (χ0v) is 15.7. The van der Waals surface area contributed by atoms with E-state index in [9.17, 15) is 9.59 Å². The molecule has 26 heavy (non-hydrogen) atoms. The maximum atomic E-state index is 12.5. The summed E-state index contributed by atoms with van der Waals surface area (Å²) in [6, 6.07) is 7.86. The number of carbonyl (C=O) groups is 2. The van der Waals surface area contributed by atoms with Gasteiger partial charge in [0.05, 0.1) is 18.5 Å². The summed E-state index contributed by atoms with van der Waals surface area (Å²) in [7, 11) is 0. The minimum atomic E-state index is -0.413. The van der Waals surface area contributed by atoms with Crippen molar-refractivity contribution in [3.05, 3.63) is 63.9 Å². The molecule has 0 spiro atoms. The Kier molecular flexibility index (Phi) is 5.27. The SMILES string of the molecule is CCOC(=O)c1cnn(-c2nc(C(=O)Cc3cccc(C)c3)cs2)c1C. The quantitative estimate of drug-likeness (QED) is 0.491. The normalized spacial score (nSPS) is 10.7. The molecule has 0 radical (unpaired) electrons. The van der Waals surface area contributed by atoms with Crippen LogP contribution in [0.15, 0.2) is 35.8 Å². The fourth-order valence-corrected chi connectivity index (χ4v) is 3.44. The average Bonchev–Trinajstić information content (AvgIpc) is 3.21. The fourth-order valence-electron chi connectivity index (χ4n) is 2.60. The zero-order valence-electron chi connectivity index (χ0n) is 14.9. The van der Waals surface area contributed by atoms with Crippen LogP contribution in [0.3, 0.4) is 0 Å². The molecule has 0 fully saturated rings. The third-order valence-electron chi connectivity index (χ3n) is 3.91. The summed E-state index contributed by atoms with van der Waals surface area (Å²) in [5.74, 6) is -0.461. The molecule has 134 valence electrons. The lowest BCUT2D eigenvalue weighted by molar-refractivity contribution is 0.0525. The van der Waals surface area contributed by atoms with Crippen LogP contribution < -0.4 is 0 Å². The molecule has 0 N–H and O–H groups in total. The van der Waals surface area contributed by atoms with E-state index < -0.39 is 5.97 Å². The Bertz CT molecular complexity index is 959. The van der Waals surface area contributed by atoms with E-state index in [4.69, 9.17) is 4.74 Å². The Hall–Kier alpha value is -2.80. The molecule has 6 nitrogen and oxygen atoms in total. The van der Waals surface area contributed by atoms with Gasteiger partial charge < -0.3 is 4.74 Å². The van der Waals surface area contributed by atoms with Crippen LogP contribution in [-0.4, -0.2) is 33.1 Å². The van der Waals surface area contributed by atoms with Gasteiger partial charge in [-0.2, -0.15) is 5.10 Å². The highest BCUT2D eigenvalue weighted by molar-refractivity contribution is 7.12. The second-order valence-corrected chi connectivity index (χ2v) is 6.72. The van der Waals surface area contributed by atoms with Gasteiger partial charge in [0.25, 0.3) is 0 Å². The summed E-state index contributed by atoms with van der Waals surface area (Å²) in [5.41, 5.74) is 3.52. The van der Waals surface area contributed by atoms with Gasteiger partial charge in [0.1, 0.15) is 11.3 Å². The van der Waals surface area contributed by atoms with Crippen molar-refractivity contribution in [1.82, 2.24) is 14.8 Å². The van der Waals surface area contributed by atoms with E-state index >= 15 is 0 Å².